The molecule has 0 heterocycles. The fraction of sp³-hybridized carbons (Fsp3) is 0.222. The first-order chi connectivity index (χ1) is 7.41. The van der Waals surface area contributed by atoms with Crippen LogP contribution >= 0.6 is 34.4 Å². The van der Waals surface area contributed by atoms with Gasteiger partial charge >= 0.3 is 5.97 Å². The van der Waals surface area contributed by atoms with E-state index in [4.69, 9.17) is 5.11 Å². The molecule has 1 N–H and O–H groups in total. The zero-order valence-electron chi connectivity index (χ0n) is 8.21. The maximum atomic E-state index is 10.8. The smallest absolute Gasteiger partial charge is 0.316 e. The summed E-state index contributed by atoms with van der Waals surface area (Å²) in [7, 11) is 0. The van der Waals surface area contributed by atoms with E-state index in [-0.39, 0.29) is 5.69 Å². The van der Waals surface area contributed by atoms with Crippen LogP contribution in [0, 0.1) is 13.7 Å². The molecule has 0 aromatic heterocycles. The van der Waals surface area contributed by atoms with Crippen LogP contribution in [0.15, 0.2) is 23.1 Å². The summed E-state index contributed by atoms with van der Waals surface area (Å²) >= 11 is 2.94. The topological polar surface area (TPSA) is 80.4 Å². The molecule has 1 atom stereocenters. The minimum atomic E-state index is -0.988. The lowest BCUT2D eigenvalue weighted by Gasteiger charge is -2.06. The van der Waals surface area contributed by atoms with Crippen LogP contribution in [0.2, 0.25) is 0 Å². The number of thioether (sulfide) groups is 1. The Hall–Kier alpha value is -0.830. The van der Waals surface area contributed by atoms with Crippen LogP contribution < -0.4 is 0 Å². The Bertz CT molecular complexity index is 438. The van der Waals surface area contributed by atoms with Crippen molar-refractivity contribution < 1.29 is 14.8 Å². The van der Waals surface area contributed by atoms with E-state index in [1.165, 1.54) is 13.0 Å². The average molecular weight is 353 g/mol. The minimum Gasteiger partial charge on any atom is -0.480 e. The first-order valence-corrected chi connectivity index (χ1v) is 6.21. The molecule has 1 rings (SSSR count). The van der Waals surface area contributed by atoms with Gasteiger partial charge in [0.2, 0.25) is 0 Å². The zero-order valence-corrected chi connectivity index (χ0v) is 11.2. The van der Waals surface area contributed by atoms with Gasteiger partial charge in [-0.1, -0.05) is 0 Å². The van der Waals surface area contributed by atoms with Crippen molar-refractivity contribution in [2.75, 3.05) is 0 Å². The van der Waals surface area contributed by atoms with E-state index in [0.717, 1.165) is 15.3 Å². The molecule has 1 aromatic carbocycles. The highest BCUT2D eigenvalue weighted by Crippen LogP contribution is 2.33. The van der Waals surface area contributed by atoms with Crippen molar-refractivity contribution in [1.82, 2.24) is 0 Å². The molecule has 7 heteroatoms. The summed E-state index contributed by atoms with van der Waals surface area (Å²) < 4.78 is 0.747. The number of aliphatic carboxylic acids is 1. The van der Waals surface area contributed by atoms with E-state index in [1.54, 1.807) is 12.1 Å². The third-order valence-electron chi connectivity index (χ3n) is 1.77. The molecule has 86 valence electrons. The van der Waals surface area contributed by atoms with Crippen molar-refractivity contribution in [2.24, 2.45) is 0 Å². The Balaban J connectivity index is 3.04. The van der Waals surface area contributed by atoms with Crippen LogP contribution in [0.1, 0.15) is 6.92 Å². The van der Waals surface area contributed by atoms with E-state index in [0.29, 0.717) is 4.90 Å². The Morgan fingerprint density at radius 3 is 2.75 bits per heavy atom. The van der Waals surface area contributed by atoms with Crippen LogP contribution in [-0.4, -0.2) is 21.2 Å². The molecule has 0 radical (unpaired) electrons. The molecular formula is C9H8INO4S. The van der Waals surface area contributed by atoms with E-state index >= 15 is 0 Å². The van der Waals surface area contributed by atoms with Gasteiger partial charge < -0.3 is 5.11 Å². The summed E-state index contributed by atoms with van der Waals surface area (Å²) in [5, 5.41) is 18.8. The second-order valence-corrected chi connectivity index (χ2v) is 5.60. The number of rotatable bonds is 4. The number of carboxylic acids is 1. The maximum Gasteiger partial charge on any atom is 0.316 e. The van der Waals surface area contributed by atoms with Crippen molar-refractivity contribution in [2.45, 2.75) is 17.1 Å². The van der Waals surface area contributed by atoms with Crippen LogP contribution in [0.5, 0.6) is 0 Å². The molecule has 0 aliphatic heterocycles. The first kappa shape index (κ1) is 13.2. The number of benzene rings is 1. The highest BCUT2D eigenvalue weighted by atomic mass is 127. The summed E-state index contributed by atoms with van der Waals surface area (Å²) in [6.45, 7) is 1.49. The van der Waals surface area contributed by atoms with Gasteiger partial charge in [0.15, 0.2) is 0 Å². The van der Waals surface area contributed by atoms with Crippen LogP contribution in [0.3, 0.4) is 0 Å². The quantitative estimate of drug-likeness (QED) is 0.390. The predicted octanol–water partition coefficient (Wildman–Crippen LogP) is 2.76. The molecule has 0 fully saturated rings. The summed E-state index contributed by atoms with van der Waals surface area (Å²) in [5.41, 5.74) is -0.0509. The highest BCUT2D eigenvalue weighted by Gasteiger charge is 2.20. The molecule has 0 amide bonds. The fourth-order valence-corrected chi connectivity index (χ4v) is 2.33. The molecule has 1 unspecified atom stereocenters. The average Bonchev–Trinajstić information content (AvgIpc) is 2.20. The normalized spacial score (nSPS) is 12.1. The molecule has 5 nitrogen and oxygen atoms in total. The molecule has 0 aliphatic rings. The number of halogens is 1. The van der Waals surface area contributed by atoms with Gasteiger partial charge in [-0.25, -0.2) is 0 Å². The summed E-state index contributed by atoms with van der Waals surface area (Å²) in [6, 6.07) is 4.71. The maximum absolute atomic E-state index is 10.8. The van der Waals surface area contributed by atoms with Gasteiger partial charge in [0.25, 0.3) is 5.69 Å². The molecule has 0 aliphatic carbocycles. The number of nitro groups is 1. The van der Waals surface area contributed by atoms with Crippen LogP contribution in [0.25, 0.3) is 0 Å². The predicted molar refractivity (Wildman–Crippen MR) is 68.8 cm³/mol. The van der Waals surface area contributed by atoms with E-state index in [9.17, 15) is 14.9 Å². The first-order valence-electron chi connectivity index (χ1n) is 4.25. The number of carbonyl (C=O) groups is 1. The second kappa shape index (κ2) is 5.48. The number of hydrogen-bond acceptors (Lipinski definition) is 4. The van der Waals surface area contributed by atoms with Crippen LogP contribution in [0.4, 0.5) is 5.69 Å². The molecule has 1 aromatic rings. The molecule has 0 saturated heterocycles. The van der Waals surface area contributed by atoms with Gasteiger partial charge in [-0.15, -0.1) is 11.8 Å². The number of carboxylic acid groups (broad SMARTS) is 1. The van der Waals surface area contributed by atoms with E-state index < -0.39 is 16.1 Å². The van der Waals surface area contributed by atoms with Crippen molar-refractivity contribution in [3.63, 3.8) is 0 Å². The Morgan fingerprint density at radius 2 is 2.25 bits per heavy atom. The Morgan fingerprint density at radius 1 is 1.62 bits per heavy atom. The van der Waals surface area contributed by atoms with Crippen molar-refractivity contribution in [1.29, 1.82) is 0 Å². The molecule has 0 bridgehead atoms. The monoisotopic (exact) mass is 353 g/mol. The third kappa shape index (κ3) is 3.34. The number of nitro benzene ring substituents is 1. The third-order valence-corrected chi connectivity index (χ3v) is 3.59. The molecule has 0 spiro atoms. The van der Waals surface area contributed by atoms with Gasteiger partial charge in [0.05, 0.1) is 9.82 Å². The standard InChI is InChI=1S/C9H8INO4S/c1-5(9(12)13)16-8-3-2-6(10)4-7(8)11(14)15/h2-5H,1H3,(H,12,13). The van der Waals surface area contributed by atoms with E-state index in [1.807, 2.05) is 22.6 Å². The molecule has 16 heavy (non-hydrogen) atoms. The lowest BCUT2D eigenvalue weighted by Crippen LogP contribution is -2.11. The lowest BCUT2D eigenvalue weighted by molar-refractivity contribution is -0.387. The van der Waals surface area contributed by atoms with Crippen LogP contribution in [-0.2, 0) is 4.79 Å². The number of hydrogen-bond donors (Lipinski definition) is 1. The largest absolute Gasteiger partial charge is 0.480 e. The van der Waals surface area contributed by atoms with Gasteiger partial charge in [-0.05, 0) is 41.6 Å². The highest BCUT2D eigenvalue weighted by molar-refractivity contribution is 14.1. The second-order valence-electron chi connectivity index (χ2n) is 2.97. The molecular weight excluding hydrogens is 345 g/mol. The summed E-state index contributed by atoms with van der Waals surface area (Å²) in [4.78, 5) is 21.3. The number of nitrogens with zero attached hydrogens (tertiary/aromatic N) is 1. The van der Waals surface area contributed by atoms with Gasteiger partial charge in [0.1, 0.15) is 5.25 Å². The van der Waals surface area contributed by atoms with Crippen molar-refractivity contribution >= 4 is 46.0 Å². The fourth-order valence-electron chi connectivity index (χ4n) is 0.974. The SMILES string of the molecule is CC(Sc1ccc(I)cc1[N+](=O)[O-])C(=O)O. The van der Waals surface area contributed by atoms with Gasteiger partial charge in [-0.3, -0.25) is 14.9 Å². The minimum absolute atomic E-state index is 0.0509. The van der Waals surface area contributed by atoms with Gasteiger partial charge in [0, 0.05) is 9.64 Å². The Labute approximate surface area is 110 Å². The zero-order chi connectivity index (χ0) is 12.3. The van der Waals surface area contributed by atoms with Crippen molar-refractivity contribution in [3.05, 3.63) is 31.9 Å². The Kier molecular flexibility index (Phi) is 4.54. The van der Waals surface area contributed by atoms with E-state index in [2.05, 4.69) is 0 Å². The summed E-state index contributed by atoms with van der Waals surface area (Å²) in [5.74, 6) is -0.988. The molecule has 0 saturated carbocycles. The summed E-state index contributed by atoms with van der Waals surface area (Å²) in [6.07, 6.45) is 0. The lowest BCUT2D eigenvalue weighted by atomic mass is 10.3. The van der Waals surface area contributed by atoms with Crippen molar-refractivity contribution in [3.8, 4) is 0 Å². The van der Waals surface area contributed by atoms with Gasteiger partial charge in [-0.2, -0.15) is 0 Å².